The highest BCUT2D eigenvalue weighted by molar-refractivity contribution is 5.98. The van der Waals surface area contributed by atoms with Crippen LogP contribution in [-0.4, -0.2) is 41.5 Å². The fourth-order valence-corrected chi connectivity index (χ4v) is 2.15. The van der Waals surface area contributed by atoms with E-state index in [4.69, 9.17) is 5.73 Å². The quantitative estimate of drug-likeness (QED) is 0.571. The van der Waals surface area contributed by atoms with Crippen molar-refractivity contribution in [3.8, 4) is 0 Å². The van der Waals surface area contributed by atoms with E-state index < -0.39 is 10.8 Å². The van der Waals surface area contributed by atoms with Crippen LogP contribution >= 0.6 is 0 Å². The Kier molecular flexibility index (Phi) is 4.14. The second kappa shape index (κ2) is 5.83. The second-order valence-corrected chi connectivity index (χ2v) is 4.69. The number of carbonyl (C=O) groups is 1. The van der Waals surface area contributed by atoms with Gasteiger partial charge in [0.1, 0.15) is 12.0 Å². The van der Waals surface area contributed by atoms with Gasteiger partial charge in [-0.1, -0.05) is 6.92 Å². The number of hydrogen-bond acceptors (Lipinski definition) is 6. The van der Waals surface area contributed by atoms with Crippen LogP contribution in [0.15, 0.2) is 12.3 Å². The van der Waals surface area contributed by atoms with E-state index in [0.717, 1.165) is 32.3 Å². The number of nitrogens with one attached hydrogen (secondary N) is 1. The van der Waals surface area contributed by atoms with E-state index in [9.17, 15) is 14.9 Å². The summed E-state index contributed by atoms with van der Waals surface area (Å²) in [5, 5.41) is 13.9. The van der Waals surface area contributed by atoms with Crippen LogP contribution in [0.2, 0.25) is 0 Å². The minimum Gasteiger partial charge on any atom is -0.365 e. The Morgan fingerprint density at radius 3 is 2.80 bits per heavy atom. The normalized spacial score (nSPS) is 14.7. The molecule has 1 saturated heterocycles. The lowest BCUT2D eigenvalue weighted by molar-refractivity contribution is -0.385. The van der Waals surface area contributed by atoms with Crippen LogP contribution in [-0.2, 0) is 0 Å². The lowest BCUT2D eigenvalue weighted by Gasteiger charge is -2.39. The minimum absolute atomic E-state index is 0.0968. The van der Waals surface area contributed by atoms with Crippen molar-refractivity contribution < 1.29 is 9.72 Å². The predicted octanol–water partition coefficient (Wildman–Crippen LogP) is 0.277. The smallest absolute Gasteiger partial charge is 0.288 e. The number of aromatic nitrogens is 1. The number of anilines is 1. The van der Waals surface area contributed by atoms with Crippen molar-refractivity contribution in [1.82, 2.24) is 10.3 Å². The third kappa shape index (κ3) is 2.69. The van der Waals surface area contributed by atoms with Gasteiger partial charge in [0.25, 0.3) is 11.6 Å². The first-order chi connectivity index (χ1) is 9.54. The molecule has 0 aromatic carbocycles. The number of pyridine rings is 1. The first-order valence-corrected chi connectivity index (χ1v) is 6.46. The Balaban J connectivity index is 2.41. The molecule has 1 fully saturated rings. The molecule has 1 aliphatic heterocycles. The number of carbonyl (C=O) groups excluding carboxylic acids is 1. The first-order valence-electron chi connectivity index (χ1n) is 6.46. The lowest BCUT2D eigenvalue weighted by atomic mass is 10.1. The molecule has 108 valence electrons. The minimum atomic E-state index is -0.704. The fourth-order valence-electron chi connectivity index (χ4n) is 2.15. The summed E-state index contributed by atoms with van der Waals surface area (Å²) in [4.78, 5) is 27.8. The molecule has 8 heteroatoms. The Bertz CT molecular complexity index is 530. The van der Waals surface area contributed by atoms with Crippen molar-refractivity contribution >= 4 is 17.4 Å². The van der Waals surface area contributed by atoms with E-state index in [1.54, 1.807) is 0 Å². The van der Waals surface area contributed by atoms with E-state index in [-0.39, 0.29) is 17.3 Å². The maximum Gasteiger partial charge on any atom is 0.288 e. The van der Waals surface area contributed by atoms with Gasteiger partial charge in [0.05, 0.1) is 16.5 Å². The number of primary amides is 1. The zero-order valence-electron chi connectivity index (χ0n) is 11.2. The van der Waals surface area contributed by atoms with Gasteiger partial charge in [-0.3, -0.25) is 14.9 Å². The summed E-state index contributed by atoms with van der Waals surface area (Å²) in [7, 11) is 0. The second-order valence-electron chi connectivity index (χ2n) is 4.69. The number of rotatable bonds is 6. The maximum absolute atomic E-state index is 11.6. The van der Waals surface area contributed by atoms with E-state index in [0.29, 0.717) is 5.82 Å². The number of hydrogen-bond donors (Lipinski definition) is 2. The average Bonchev–Trinajstić information content (AvgIpc) is 2.35. The van der Waals surface area contributed by atoms with Gasteiger partial charge in [0, 0.05) is 25.7 Å². The molecule has 1 aliphatic rings. The molecule has 8 nitrogen and oxygen atoms in total. The van der Waals surface area contributed by atoms with Crippen LogP contribution < -0.4 is 16.0 Å². The highest BCUT2D eigenvalue weighted by Gasteiger charge is 2.29. The van der Waals surface area contributed by atoms with Crippen molar-refractivity contribution in [2.45, 2.75) is 19.4 Å². The molecule has 0 saturated carbocycles. The fraction of sp³-hybridized carbons (Fsp3) is 0.500. The van der Waals surface area contributed by atoms with Gasteiger partial charge in [0.2, 0.25) is 0 Å². The van der Waals surface area contributed by atoms with Crippen molar-refractivity contribution in [2.24, 2.45) is 5.73 Å². The maximum atomic E-state index is 11.6. The monoisotopic (exact) mass is 279 g/mol. The SMILES string of the molecule is CCCN(c1ncc([N+](=O)[O-])cc1C(N)=O)C1CNC1. The average molecular weight is 279 g/mol. The Labute approximate surface area is 116 Å². The van der Waals surface area contributed by atoms with E-state index >= 15 is 0 Å². The summed E-state index contributed by atoms with van der Waals surface area (Å²) in [5.74, 6) is -0.277. The van der Waals surface area contributed by atoms with Crippen LogP contribution in [0.1, 0.15) is 23.7 Å². The van der Waals surface area contributed by atoms with Gasteiger partial charge in [0.15, 0.2) is 0 Å². The highest BCUT2D eigenvalue weighted by atomic mass is 16.6. The lowest BCUT2D eigenvalue weighted by Crippen LogP contribution is -2.58. The molecule has 0 unspecified atom stereocenters. The largest absolute Gasteiger partial charge is 0.365 e. The third-order valence-corrected chi connectivity index (χ3v) is 3.27. The Morgan fingerprint density at radius 1 is 1.65 bits per heavy atom. The van der Waals surface area contributed by atoms with Gasteiger partial charge in [-0.2, -0.15) is 0 Å². The van der Waals surface area contributed by atoms with E-state index in [2.05, 4.69) is 10.3 Å². The predicted molar refractivity (Wildman–Crippen MR) is 73.7 cm³/mol. The first kappa shape index (κ1) is 14.2. The van der Waals surface area contributed by atoms with Crippen LogP contribution in [0.5, 0.6) is 0 Å². The number of nitro groups is 1. The Hall–Kier alpha value is -2.22. The topological polar surface area (TPSA) is 114 Å². The molecule has 0 radical (unpaired) electrons. The zero-order valence-corrected chi connectivity index (χ0v) is 11.2. The van der Waals surface area contributed by atoms with Gasteiger partial charge in [-0.25, -0.2) is 4.98 Å². The third-order valence-electron chi connectivity index (χ3n) is 3.27. The zero-order chi connectivity index (χ0) is 14.7. The summed E-state index contributed by atoms with van der Waals surface area (Å²) in [6, 6.07) is 1.43. The molecule has 20 heavy (non-hydrogen) atoms. The molecule has 0 atom stereocenters. The van der Waals surface area contributed by atoms with Gasteiger partial charge in [-0.05, 0) is 6.42 Å². The van der Waals surface area contributed by atoms with Crippen molar-refractivity contribution in [2.75, 3.05) is 24.5 Å². The molecule has 1 aromatic heterocycles. The molecular weight excluding hydrogens is 262 g/mol. The summed E-state index contributed by atoms with van der Waals surface area (Å²) in [6.45, 7) is 4.35. The van der Waals surface area contributed by atoms with Crippen LogP contribution in [0, 0.1) is 10.1 Å². The molecule has 0 aliphatic carbocycles. The number of amides is 1. The van der Waals surface area contributed by atoms with Crippen molar-refractivity contribution in [1.29, 1.82) is 0 Å². The van der Waals surface area contributed by atoms with E-state index in [1.165, 1.54) is 6.07 Å². The number of nitrogens with two attached hydrogens (primary N) is 1. The van der Waals surface area contributed by atoms with Crippen LogP contribution in [0.3, 0.4) is 0 Å². The van der Waals surface area contributed by atoms with Crippen LogP contribution in [0.25, 0.3) is 0 Å². The van der Waals surface area contributed by atoms with Gasteiger partial charge >= 0.3 is 0 Å². The van der Waals surface area contributed by atoms with Crippen LogP contribution in [0.4, 0.5) is 11.5 Å². The molecule has 1 aromatic rings. The molecule has 2 heterocycles. The summed E-state index contributed by atoms with van der Waals surface area (Å²) in [5.41, 5.74) is 5.20. The van der Waals surface area contributed by atoms with Crippen molar-refractivity contribution in [3.63, 3.8) is 0 Å². The summed E-state index contributed by atoms with van der Waals surface area (Å²) in [6.07, 6.45) is 2.05. The van der Waals surface area contributed by atoms with Gasteiger partial charge < -0.3 is 16.0 Å². The standard InChI is InChI=1S/C12H17N5O3/c1-2-3-16(9-5-14-6-9)12-10(11(13)18)4-8(7-15-12)17(19)20/h4,7,9,14H,2-3,5-6H2,1H3,(H2,13,18). The van der Waals surface area contributed by atoms with Crippen molar-refractivity contribution in [3.05, 3.63) is 27.9 Å². The summed E-state index contributed by atoms with van der Waals surface area (Å²) < 4.78 is 0. The summed E-state index contributed by atoms with van der Waals surface area (Å²) >= 11 is 0. The molecular formula is C12H17N5O3. The molecule has 0 bridgehead atoms. The molecule has 0 spiro atoms. The highest BCUT2D eigenvalue weighted by Crippen LogP contribution is 2.25. The van der Waals surface area contributed by atoms with E-state index in [1.807, 2.05) is 11.8 Å². The van der Waals surface area contributed by atoms with Gasteiger partial charge in [-0.15, -0.1) is 0 Å². The number of nitrogens with zero attached hydrogens (tertiary/aromatic N) is 3. The molecule has 3 N–H and O–H groups in total. The molecule has 1 amide bonds. The molecule has 2 rings (SSSR count). The Morgan fingerprint density at radius 2 is 2.35 bits per heavy atom.